The van der Waals surface area contributed by atoms with Crippen LogP contribution in [0.2, 0.25) is 0 Å². The molecule has 120 valence electrons. The number of aromatic nitrogens is 2. The van der Waals surface area contributed by atoms with Gasteiger partial charge in [-0.1, -0.05) is 5.16 Å². The standard InChI is InChI=1S/C14H16N6O3/c1-16-14(21)20-9-3-5-10(6-4-9)23-13-11(7-19-22-2)12(15)17-8-18-13/h3-8H,1-2H3,(H2,15,17,18)(H2,16,20,21). The molecule has 9 nitrogen and oxygen atoms in total. The van der Waals surface area contributed by atoms with Crippen LogP contribution in [0.4, 0.5) is 16.3 Å². The highest BCUT2D eigenvalue weighted by Gasteiger charge is 2.10. The Labute approximate surface area is 132 Å². The maximum atomic E-state index is 11.2. The lowest BCUT2D eigenvalue weighted by molar-refractivity contribution is 0.215. The normalized spacial score (nSPS) is 10.3. The molecule has 4 N–H and O–H groups in total. The van der Waals surface area contributed by atoms with Gasteiger partial charge in [-0.15, -0.1) is 0 Å². The first-order valence-corrected chi connectivity index (χ1v) is 6.57. The Bertz CT molecular complexity index is 702. The number of nitrogens with zero attached hydrogens (tertiary/aromatic N) is 3. The van der Waals surface area contributed by atoms with Crippen molar-refractivity contribution in [3.8, 4) is 11.6 Å². The number of benzene rings is 1. The van der Waals surface area contributed by atoms with E-state index in [1.54, 1.807) is 24.3 Å². The molecule has 23 heavy (non-hydrogen) atoms. The second-order valence-electron chi connectivity index (χ2n) is 4.23. The maximum Gasteiger partial charge on any atom is 0.318 e. The van der Waals surface area contributed by atoms with Gasteiger partial charge in [0, 0.05) is 12.7 Å². The largest absolute Gasteiger partial charge is 0.438 e. The second-order valence-corrected chi connectivity index (χ2v) is 4.23. The number of nitrogen functional groups attached to an aromatic ring is 1. The third-order valence-corrected chi connectivity index (χ3v) is 2.72. The number of amides is 2. The predicted octanol–water partition coefficient (Wildman–Crippen LogP) is 1.58. The van der Waals surface area contributed by atoms with Gasteiger partial charge in [0.1, 0.15) is 30.6 Å². The van der Waals surface area contributed by atoms with E-state index in [2.05, 4.69) is 30.6 Å². The highest BCUT2D eigenvalue weighted by atomic mass is 16.6. The van der Waals surface area contributed by atoms with Crippen molar-refractivity contribution in [3.63, 3.8) is 0 Å². The second kappa shape index (κ2) is 7.59. The molecule has 1 aromatic carbocycles. The summed E-state index contributed by atoms with van der Waals surface area (Å²) in [4.78, 5) is 23.8. The van der Waals surface area contributed by atoms with Gasteiger partial charge in [-0.25, -0.2) is 14.8 Å². The molecule has 0 saturated heterocycles. The van der Waals surface area contributed by atoms with Crippen LogP contribution < -0.4 is 21.1 Å². The van der Waals surface area contributed by atoms with Gasteiger partial charge in [0.05, 0.1) is 6.21 Å². The number of carbonyl (C=O) groups is 1. The van der Waals surface area contributed by atoms with Gasteiger partial charge < -0.3 is 25.9 Å². The molecule has 2 amide bonds. The van der Waals surface area contributed by atoms with Crippen molar-refractivity contribution in [1.82, 2.24) is 15.3 Å². The Balaban J connectivity index is 2.18. The number of anilines is 2. The lowest BCUT2D eigenvalue weighted by atomic mass is 10.3. The van der Waals surface area contributed by atoms with Crippen LogP contribution in [0.1, 0.15) is 5.56 Å². The van der Waals surface area contributed by atoms with Crippen molar-refractivity contribution in [3.05, 3.63) is 36.2 Å². The fraction of sp³-hybridized carbons (Fsp3) is 0.143. The van der Waals surface area contributed by atoms with E-state index in [1.807, 2.05) is 0 Å². The number of ether oxygens (including phenoxy) is 1. The zero-order valence-electron chi connectivity index (χ0n) is 12.6. The van der Waals surface area contributed by atoms with Gasteiger partial charge in [0.2, 0.25) is 5.88 Å². The molecule has 1 heterocycles. The van der Waals surface area contributed by atoms with Gasteiger partial charge in [-0.3, -0.25) is 0 Å². The summed E-state index contributed by atoms with van der Waals surface area (Å²) in [5, 5.41) is 8.75. The maximum absolute atomic E-state index is 11.2. The molecule has 0 fully saturated rings. The average molecular weight is 316 g/mol. The van der Waals surface area contributed by atoms with Gasteiger partial charge in [0.15, 0.2) is 0 Å². The van der Waals surface area contributed by atoms with Gasteiger partial charge >= 0.3 is 6.03 Å². The molecule has 0 atom stereocenters. The van der Waals surface area contributed by atoms with Crippen molar-refractivity contribution >= 4 is 23.8 Å². The van der Waals surface area contributed by atoms with Crippen LogP contribution in [0.3, 0.4) is 0 Å². The minimum absolute atomic E-state index is 0.216. The van der Waals surface area contributed by atoms with E-state index >= 15 is 0 Å². The highest BCUT2D eigenvalue weighted by molar-refractivity contribution is 5.89. The molecule has 0 bridgehead atoms. The van der Waals surface area contributed by atoms with Crippen molar-refractivity contribution < 1.29 is 14.4 Å². The Kier molecular flexibility index (Phi) is 5.29. The van der Waals surface area contributed by atoms with Crippen LogP contribution in [-0.4, -0.2) is 36.4 Å². The zero-order valence-corrected chi connectivity index (χ0v) is 12.6. The summed E-state index contributed by atoms with van der Waals surface area (Å²) < 4.78 is 5.67. The van der Waals surface area contributed by atoms with Gasteiger partial charge in [-0.2, -0.15) is 0 Å². The number of nitrogens with two attached hydrogens (primary N) is 1. The lowest BCUT2D eigenvalue weighted by Crippen LogP contribution is -2.24. The molecule has 1 aromatic heterocycles. The first-order chi connectivity index (χ1) is 11.1. The van der Waals surface area contributed by atoms with Crippen LogP contribution in [0.25, 0.3) is 0 Å². The molecule has 0 aliphatic rings. The van der Waals surface area contributed by atoms with E-state index in [1.165, 1.54) is 26.7 Å². The summed E-state index contributed by atoms with van der Waals surface area (Å²) in [5.41, 5.74) is 6.81. The van der Waals surface area contributed by atoms with Crippen LogP contribution in [-0.2, 0) is 4.84 Å². The molecule has 0 aliphatic heterocycles. The van der Waals surface area contributed by atoms with E-state index in [9.17, 15) is 4.79 Å². The number of hydrogen-bond donors (Lipinski definition) is 3. The van der Waals surface area contributed by atoms with E-state index < -0.39 is 0 Å². The summed E-state index contributed by atoms with van der Waals surface area (Å²) >= 11 is 0. The van der Waals surface area contributed by atoms with Crippen LogP contribution in [0.15, 0.2) is 35.7 Å². The minimum atomic E-state index is -0.305. The van der Waals surface area contributed by atoms with E-state index in [0.717, 1.165) is 0 Å². The number of urea groups is 1. The summed E-state index contributed by atoms with van der Waals surface area (Å²) in [6.07, 6.45) is 2.66. The van der Waals surface area contributed by atoms with E-state index in [0.29, 0.717) is 17.0 Å². The number of rotatable bonds is 5. The molecule has 0 unspecified atom stereocenters. The van der Waals surface area contributed by atoms with Crippen molar-refractivity contribution in [2.45, 2.75) is 0 Å². The van der Waals surface area contributed by atoms with E-state index in [-0.39, 0.29) is 17.7 Å². The molecule has 0 saturated carbocycles. The summed E-state index contributed by atoms with van der Waals surface area (Å²) in [6, 6.07) is 6.44. The van der Waals surface area contributed by atoms with E-state index in [4.69, 9.17) is 10.5 Å². The minimum Gasteiger partial charge on any atom is -0.438 e. The highest BCUT2D eigenvalue weighted by Crippen LogP contribution is 2.25. The first-order valence-electron chi connectivity index (χ1n) is 6.57. The van der Waals surface area contributed by atoms with Crippen molar-refractivity contribution in [1.29, 1.82) is 0 Å². The fourth-order valence-electron chi connectivity index (χ4n) is 1.61. The third kappa shape index (κ3) is 4.30. The van der Waals surface area contributed by atoms with Gasteiger partial charge in [0.25, 0.3) is 0 Å². The SMILES string of the molecule is CNC(=O)Nc1ccc(Oc2ncnc(N)c2C=NOC)cc1. The van der Waals surface area contributed by atoms with Gasteiger partial charge in [-0.05, 0) is 24.3 Å². The molecule has 0 radical (unpaired) electrons. The van der Waals surface area contributed by atoms with Crippen LogP contribution in [0, 0.1) is 0 Å². The number of oxime groups is 1. The zero-order chi connectivity index (χ0) is 16.7. The third-order valence-electron chi connectivity index (χ3n) is 2.72. The number of carbonyl (C=O) groups excluding carboxylic acids is 1. The van der Waals surface area contributed by atoms with Crippen LogP contribution >= 0.6 is 0 Å². The molecular weight excluding hydrogens is 300 g/mol. The number of nitrogens with one attached hydrogen (secondary N) is 2. The summed E-state index contributed by atoms with van der Waals surface area (Å²) in [6.45, 7) is 0. The fourth-order valence-corrected chi connectivity index (χ4v) is 1.61. The molecule has 2 rings (SSSR count). The molecular formula is C14H16N6O3. The Morgan fingerprint density at radius 1 is 1.30 bits per heavy atom. The Morgan fingerprint density at radius 2 is 2.04 bits per heavy atom. The molecule has 0 spiro atoms. The monoisotopic (exact) mass is 316 g/mol. The number of hydrogen-bond acceptors (Lipinski definition) is 7. The van der Waals surface area contributed by atoms with Crippen molar-refractivity contribution in [2.24, 2.45) is 5.16 Å². The molecule has 0 aliphatic carbocycles. The average Bonchev–Trinajstić information content (AvgIpc) is 2.56. The molecule has 9 heteroatoms. The topological polar surface area (TPSA) is 124 Å². The predicted molar refractivity (Wildman–Crippen MR) is 85.6 cm³/mol. The molecule has 2 aromatic rings. The van der Waals surface area contributed by atoms with Crippen LogP contribution in [0.5, 0.6) is 11.6 Å². The lowest BCUT2D eigenvalue weighted by Gasteiger charge is -2.09. The smallest absolute Gasteiger partial charge is 0.318 e. The quantitative estimate of drug-likeness (QED) is 0.568. The summed E-state index contributed by atoms with van der Waals surface area (Å²) in [7, 11) is 2.95. The Hall–Kier alpha value is -3.36. The van der Waals surface area contributed by atoms with Crippen molar-refractivity contribution in [2.75, 3.05) is 25.2 Å². The Morgan fingerprint density at radius 3 is 2.70 bits per heavy atom. The summed E-state index contributed by atoms with van der Waals surface area (Å²) in [5.74, 6) is 0.969. The first kappa shape index (κ1) is 16.0.